The van der Waals surface area contributed by atoms with Crippen LogP contribution in [-0.2, 0) is 9.53 Å². The maximum absolute atomic E-state index is 13.9. The molecule has 33 heavy (non-hydrogen) atoms. The summed E-state index contributed by atoms with van der Waals surface area (Å²) in [5.41, 5.74) is 2.26. The first kappa shape index (κ1) is 23.7. The zero-order chi connectivity index (χ0) is 23.2. The molecule has 2 atom stereocenters. The lowest BCUT2D eigenvalue weighted by Gasteiger charge is -2.29. The summed E-state index contributed by atoms with van der Waals surface area (Å²) in [5.74, 6) is -0.271. The van der Waals surface area contributed by atoms with E-state index in [-0.39, 0.29) is 17.6 Å². The van der Waals surface area contributed by atoms with E-state index in [0.717, 1.165) is 44.8 Å². The first-order valence-electron chi connectivity index (χ1n) is 11.4. The number of nitrogens with one attached hydrogen (secondary N) is 1. The molecule has 6 nitrogen and oxygen atoms in total. The number of carbonyl (C=O) groups is 2. The minimum Gasteiger partial charge on any atom is -0.379 e. The van der Waals surface area contributed by atoms with Crippen LogP contribution in [0.15, 0.2) is 48.5 Å². The van der Waals surface area contributed by atoms with Gasteiger partial charge in [0.25, 0.3) is 5.91 Å². The van der Waals surface area contributed by atoms with Gasteiger partial charge >= 0.3 is 0 Å². The molecule has 2 unspecified atom stereocenters. The normalized spacial score (nSPS) is 21.2. The highest BCUT2D eigenvalue weighted by Crippen LogP contribution is 2.42. The Balaban J connectivity index is 1.46. The number of hydrogen-bond acceptors (Lipinski definition) is 5. The van der Waals surface area contributed by atoms with Crippen LogP contribution in [0.1, 0.15) is 33.3 Å². The molecule has 0 aliphatic carbocycles. The van der Waals surface area contributed by atoms with Crippen molar-refractivity contribution in [3.63, 3.8) is 0 Å². The molecule has 8 heteroatoms. The highest BCUT2D eigenvalue weighted by Gasteiger charge is 2.42. The lowest BCUT2D eigenvalue weighted by Crippen LogP contribution is -2.48. The fraction of sp³-hybridized carbons (Fsp3) is 0.440. The SMILES string of the molecule is Cc1ccc(C(=O)N2C(C(=O)NCCCN3CCOCC3)CSC2c2cccc(F)c2)cc1. The molecule has 2 aliphatic heterocycles. The quantitative estimate of drug-likeness (QED) is 0.629. The van der Waals surface area contributed by atoms with E-state index in [0.29, 0.717) is 23.4 Å². The van der Waals surface area contributed by atoms with Gasteiger partial charge in [0.05, 0.1) is 13.2 Å². The fourth-order valence-electron chi connectivity index (χ4n) is 4.18. The van der Waals surface area contributed by atoms with Gasteiger partial charge in [0, 0.05) is 31.0 Å². The van der Waals surface area contributed by atoms with Gasteiger partial charge in [-0.3, -0.25) is 14.5 Å². The van der Waals surface area contributed by atoms with Crippen molar-refractivity contribution >= 4 is 23.6 Å². The Hall–Kier alpha value is -2.42. The molecule has 0 saturated carbocycles. The fourth-order valence-corrected chi connectivity index (χ4v) is 5.59. The number of aryl methyl sites for hydroxylation is 1. The maximum atomic E-state index is 13.9. The molecule has 4 rings (SSSR count). The third kappa shape index (κ3) is 5.93. The molecule has 1 N–H and O–H groups in total. The summed E-state index contributed by atoms with van der Waals surface area (Å²) in [5, 5.41) is 2.60. The van der Waals surface area contributed by atoms with Crippen molar-refractivity contribution < 1.29 is 18.7 Å². The zero-order valence-electron chi connectivity index (χ0n) is 18.8. The van der Waals surface area contributed by atoms with Crippen LogP contribution in [0.25, 0.3) is 0 Å². The van der Waals surface area contributed by atoms with Gasteiger partial charge in [-0.2, -0.15) is 0 Å². The minimum atomic E-state index is -0.611. The average Bonchev–Trinajstić information content (AvgIpc) is 3.28. The van der Waals surface area contributed by atoms with Gasteiger partial charge in [-0.1, -0.05) is 29.8 Å². The lowest BCUT2D eigenvalue weighted by atomic mass is 10.1. The largest absolute Gasteiger partial charge is 0.379 e. The topological polar surface area (TPSA) is 61.9 Å². The molecular weight excluding hydrogens is 441 g/mol. The summed E-state index contributed by atoms with van der Waals surface area (Å²) in [7, 11) is 0. The number of halogens is 1. The predicted molar refractivity (Wildman–Crippen MR) is 128 cm³/mol. The lowest BCUT2D eigenvalue weighted by molar-refractivity contribution is -0.124. The molecule has 2 aromatic rings. The number of thioether (sulfide) groups is 1. The van der Waals surface area contributed by atoms with Crippen molar-refractivity contribution in [1.82, 2.24) is 15.1 Å². The number of hydrogen-bond donors (Lipinski definition) is 1. The number of benzene rings is 2. The summed E-state index contributed by atoms with van der Waals surface area (Å²) >= 11 is 1.49. The van der Waals surface area contributed by atoms with Gasteiger partial charge in [-0.25, -0.2) is 4.39 Å². The highest BCUT2D eigenvalue weighted by molar-refractivity contribution is 7.99. The molecule has 0 aromatic heterocycles. The van der Waals surface area contributed by atoms with Crippen molar-refractivity contribution in [2.24, 2.45) is 0 Å². The molecule has 2 aromatic carbocycles. The number of amides is 2. The Labute approximate surface area is 198 Å². The number of morpholine rings is 1. The van der Waals surface area contributed by atoms with Crippen LogP contribution in [-0.4, -0.2) is 72.8 Å². The van der Waals surface area contributed by atoms with Crippen molar-refractivity contribution in [1.29, 1.82) is 0 Å². The number of carbonyl (C=O) groups excluding carboxylic acids is 2. The van der Waals surface area contributed by atoms with Crippen molar-refractivity contribution in [3.05, 3.63) is 71.0 Å². The van der Waals surface area contributed by atoms with E-state index in [1.807, 2.05) is 19.1 Å². The van der Waals surface area contributed by atoms with Crippen LogP contribution < -0.4 is 5.32 Å². The zero-order valence-corrected chi connectivity index (χ0v) is 19.7. The van der Waals surface area contributed by atoms with Crippen molar-refractivity contribution in [3.8, 4) is 0 Å². The first-order chi connectivity index (χ1) is 16.0. The van der Waals surface area contributed by atoms with Crippen LogP contribution in [0.2, 0.25) is 0 Å². The summed E-state index contributed by atoms with van der Waals surface area (Å²) in [6.07, 6.45) is 0.838. The highest BCUT2D eigenvalue weighted by atomic mass is 32.2. The standard InChI is InChI=1S/C25H30FN3O3S/c1-18-6-8-19(9-7-18)24(31)29-22(17-33-25(29)20-4-2-5-21(26)16-20)23(30)27-10-3-11-28-12-14-32-15-13-28/h2,4-9,16,22,25H,3,10-15,17H2,1H3,(H,27,30). The van der Waals surface area contributed by atoms with Crippen LogP contribution in [0.5, 0.6) is 0 Å². The van der Waals surface area contributed by atoms with Crippen LogP contribution in [0.4, 0.5) is 4.39 Å². The average molecular weight is 472 g/mol. The first-order valence-corrected chi connectivity index (χ1v) is 12.4. The Kier molecular flexibility index (Phi) is 8.01. The Morgan fingerprint density at radius 1 is 1.15 bits per heavy atom. The van der Waals surface area contributed by atoms with Crippen LogP contribution in [0.3, 0.4) is 0 Å². The van der Waals surface area contributed by atoms with Gasteiger partial charge < -0.3 is 15.0 Å². The second-order valence-electron chi connectivity index (χ2n) is 8.43. The molecule has 2 amide bonds. The Bertz CT molecular complexity index is 966. The Morgan fingerprint density at radius 2 is 1.91 bits per heavy atom. The molecule has 2 fully saturated rings. The second kappa shape index (κ2) is 11.1. The van der Waals surface area contributed by atoms with Gasteiger partial charge in [0.15, 0.2) is 0 Å². The smallest absolute Gasteiger partial charge is 0.255 e. The van der Waals surface area contributed by atoms with Crippen molar-refractivity contribution in [2.75, 3.05) is 45.1 Å². The van der Waals surface area contributed by atoms with E-state index in [1.54, 1.807) is 29.2 Å². The van der Waals surface area contributed by atoms with Crippen LogP contribution >= 0.6 is 11.8 Å². The Morgan fingerprint density at radius 3 is 2.64 bits per heavy atom. The summed E-state index contributed by atoms with van der Waals surface area (Å²) in [6.45, 7) is 6.76. The molecule has 0 spiro atoms. The van der Waals surface area contributed by atoms with E-state index in [9.17, 15) is 14.0 Å². The van der Waals surface area contributed by atoms with Crippen molar-refractivity contribution in [2.45, 2.75) is 24.8 Å². The monoisotopic (exact) mass is 471 g/mol. The van der Waals surface area contributed by atoms with Gasteiger partial charge in [-0.05, 0) is 49.7 Å². The van der Waals surface area contributed by atoms with E-state index in [1.165, 1.54) is 23.9 Å². The van der Waals surface area contributed by atoms with E-state index < -0.39 is 11.4 Å². The molecule has 2 heterocycles. The van der Waals surface area contributed by atoms with Gasteiger partial charge in [0.2, 0.25) is 5.91 Å². The predicted octanol–water partition coefficient (Wildman–Crippen LogP) is 3.23. The molecule has 2 saturated heterocycles. The molecular formula is C25H30FN3O3S. The van der Waals surface area contributed by atoms with Gasteiger partial charge in [0.1, 0.15) is 17.2 Å². The summed E-state index contributed by atoms with van der Waals surface area (Å²) in [6, 6.07) is 13.0. The third-order valence-electron chi connectivity index (χ3n) is 6.02. The van der Waals surface area contributed by atoms with E-state index in [4.69, 9.17) is 4.74 Å². The number of nitrogens with zero attached hydrogens (tertiary/aromatic N) is 2. The van der Waals surface area contributed by atoms with E-state index >= 15 is 0 Å². The minimum absolute atomic E-state index is 0.163. The second-order valence-corrected chi connectivity index (χ2v) is 9.55. The molecule has 0 bridgehead atoms. The third-order valence-corrected chi connectivity index (χ3v) is 7.35. The van der Waals surface area contributed by atoms with Crippen LogP contribution in [0, 0.1) is 12.7 Å². The number of ether oxygens (including phenoxy) is 1. The van der Waals surface area contributed by atoms with E-state index in [2.05, 4.69) is 10.2 Å². The van der Waals surface area contributed by atoms with Gasteiger partial charge in [-0.15, -0.1) is 11.8 Å². The summed E-state index contributed by atoms with van der Waals surface area (Å²) in [4.78, 5) is 30.6. The molecule has 2 aliphatic rings. The summed E-state index contributed by atoms with van der Waals surface area (Å²) < 4.78 is 19.3. The number of rotatable bonds is 7. The molecule has 176 valence electrons. The molecule has 0 radical (unpaired) electrons. The maximum Gasteiger partial charge on any atom is 0.255 e.